The first-order valence-corrected chi connectivity index (χ1v) is 5.89. The molecule has 0 aliphatic carbocycles. The molecule has 0 aliphatic heterocycles. The van der Waals surface area contributed by atoms with Crippen molar-refractivity contribution in [3.05, 3.63) is 0 Å². The summed E-state index contributed by atoms with van der Waals surface area (Å²) in [4.78, 5) is 11.7. The topological polar surface area (TPSA) is 29.1 Å². The van der Waals surface area contributed by atoms with Gasteiger partial charge in [-0.2, -0.15) is 0 Å². The minimum Gasteiger partial charge on any atom is -0.316 e. The summed E-state index contributed by atoms with van der Waals surface area (Å²) >= 11 is 0. The second kappa shape index (κ2) is 7.98. The zero-order chi connectivity index (χ0) is 11.0. The summed E-state index contributed by atoms with van der Waals surface area (Å²) in [7, 11) is 0. The summed E-state index contributed by atoms with van der Waals surface area (Å²) in [6, 6.07) is 0. The van der Waals surface area contributed by atoms with Crippen molar-refractivity contribution in [1.29, 1.82) is 0 Å². The van der Waals surface area contributed by atoms with E-state index in [9.17, 15) is 4.79 Å². The van der Waals surface area contributed by atoms with Crippen LogP contribution in [0.1, 0.15) is 47.0 Å². The number of carbonyl (C=O) groups is 1. The summed E-state index contributed by atoms with van der Waals surface area (Å²) in [6.45, 7) is 10.2. The summed E-state index contributed by atoms with van der Waals surface area (Å²) < 4.78 is 0. The van der Waals surface area contributed by atoms with E-state index in [0.717, 1.165) is 32.4 Å². The van der Waals surface area contributed by atoms with E-state index < -0.39 is 0 Å². The van der Waals surface area contributed by atoms with E-state index >= 15 is 0 Å². The highest BCUT2D eigenvalue weighted by molar-refractivity contribution is 5.81. The molecule has 0 aliphatic rings. The van der Waals surface area contributed by atoms with E-state index in [1.807, 2.05) is 6.92 Å². The van der Waals surface area contributed by atoms with Gasteiger partial charge in [0.1, 0.15) is 5.78 Å². The Balaban J connectivity index is 3.81. The minimum atomic E-state index is 0.176. The van der Waals surface area contributed by atoms with Gasteiger partial charge >= 0.3 is 0 Å². The molecule has 1 unspecified atom stereocenters. The molecule has 84 valence electrons. The standard InChI is InChI=1S/C12H25NO/c1-5-11(6-2)8-12(14)10(4)9-13-7-3/h10-11,13H,5-9H2,1-4H3. The highest BCUT2D eigenvalue weighted by Gasteiger charge is 2.15. The van der Waals surface area contributed by atoms with Gasteiger partial charge in [-0.25, -0.2) is 0 Å². The third-order valence-electron chi connectivity index (χ3n) is 2.89. The fourth-order valence-electron chi connectivity index (χ4n) is 1.54. The minimum absolute atomic E-state index is 0.176. The number of ketones is 1. The molecule has 0 fully saturated rings. The summed E-state index contributed by atoms with van der Waals surface area (Å²) in [5.74, 6) is 1.18. The number of rotatable bonds is 8. The normalized spacial score (nSPS) is 13.2. The van der Waals surface area contributed by atoms with Crippen molar-refractivity contribution in [3.8, 4) is 0 Å². The molecular weight excluding hydrogens is 174 g/mol. The Morgan fingerprint density at radius 3 is 2.21 bits per heavy atom. The zero-order valence-electron chi connectivity index (χ0n) is 10.1. The summed E-state index contributed by atoms with van der Waals surface area (Å²) in [6.07, 6.45) is 3.01. The van der Waals surface area contributed by atoms with Gasteiger partial charge in [-0.3, -0.25) is 4.79 Å². The van der Waals surface area contributed by atoms with Gasteiger partial charge in [-0.05, 0) is 12.5 Å². The number of nitrogens with one attached hydrogen (secondary N) is 1. The predicted molar refractivity (Wildman–Crippen MR) is 61.4 cm³/mol. The molecule has 2 heteroatoms. The third kappa shape index (κ3) is 5.38. The molecule has 14 heavy (non-hydrogen) atoms. The van der Waals surface area contributed by atoms with Crippen molar-refractivity contribution in [1.82, 2.24) is 5.32 Å². The van der Waals surface area contributed by atoms with Crippen LogP contribution in [-0.4, -0.2) is 18.9 Å². The maximum Gasteiger partial charge on any atom is 0.137 e. The van der Waals surface area contributed by atoms with E-state index in [4.69, 9.17) is 0 Å². The van der Waals surface area contributed by atoms with Crippen molar-refractivity contribution in [2.24, 2.45) is 11.8 Å². The fourth-order valence-corrected chi connectivity index (χ4v) is 1.54. The summed E-state index contributed by atoms with van der Waals surface area (Å²) in [5, 5.41) is 3.22. The van der Waals surface area contributed by atoms with Crippen LogP contribution < -0.4 is 5.32 Å². The van der Waals surface area contributed by atoms with Crippen LogP contribution in [0.25, 0.3) is 0 Å². The van der Waals surface area contributed by atoms with Crippen LogP contribution in [0, 0.1) is 11.8 Å². The van der Waals surface area contributed by atoms with Crippen LogP contribution in [0.4, 0.5) is 0 Å². The first-order valence-electron chi connectivity index (χ1n) is 5.89. The van der Waals surface area contributed by atoms with Crippen LogP contribution in [0.2, 0.25) is 0 Å². The van der Waals surface area contributed by atoms with Crippen LogP contribution in [0.5, 0.6) is 0 Å². The van der Waals surface area contributed by atoms with Gasteiger partial charge in [0.15, 0.2) is 0 Å². The molecule has 0 rings (SSSR count). The Kier molecular flexibility index (Phi) is 7.77. The predicted octanol–water partition coefficient (Wildman–Crippen LogP) is 2.63. The second-order valence-electron chi connectivity index (χ2n) is 4.06. The van der Waals surface area contributed by atoms with Crippen molar-refractivity contribution in [2.45, 2.75) is 47.0 Å². The van der Waals surface area contributed by atoms with E-state index in [1.165, 1.54) is 0 Å². The van der Waals surface area contributed by atoms with Crippen molar-refractivity contribution < 1.29 is 4.79 Å². The Bertz CT molecular complexity index is 152. The smallest absolute Gasteiger partial charge is 0.137 e. The van der Waals surface area contributed by atoms with Gasteiger partial charge in [-0.15, -0.1) is 0 Å². The molecule has 0 amide bonds. The molecule has 0 heterocycles. The molecule has 0 bridgehead atoms. The number of hydrogen-bond donors (Lipinski definition) is 1. The SMILES string of the molecule is CCNCC(C)C(=O)CC(CC)CC. The van der Waals surface area contributed by atoms with Crippen LogP contribution >= 0.6 is 0 Å². The highest BCUT2D eigenvalue weighted by atomic mass is 16.1. The number of hydrogen-bond acceptors (Lipinski definition) is 2. The van der Waals surface area contributed by atoms with E-state index in [0.29, 0.717) is 11.7 Å². The third-order valence-corrected chi connectivity index (χ3v) is 2.89. The van der Waals surface area contributed by atoms with Gasteiger partial charge in [0.05, 0.1) is 0 Å². The van der Waals surface area contributed by atoms with Crippen LogP contribution in [0.3, 0.4) is 0 Å². The average molecular weight is 199 g/mol. The van der Waals surface area contributed by atoms with Crippen LogP contribution in [-0.2, 0) is 4.79 Å². The second-order valence-corrected chi connectivity index (χ2v) is 4.06. The van der Waals surface area contributed by atoms with Gasteiger partial charge in [0.25, 0.3) is 0 Å². The van der Waals surface area contributed by atoms with E-state index in [2.05, 4.69) is 26.1 Å². The molecule has 0 aromatic rings. The molecule has 0 saturated heterocycles. The van der Waals surface area contributed by atoms with Crippen LogP contribution in [0.15, 0.2) is 0 Å². The van der Waals surface area contributed by atoms with E-state index in [1.54, 1.807) is 0 Å². The molecule has 0 spiro atoms. The van der Waals surface area contributed by atoms with E-state index in [-0.39, 0.29) is 5.92 Å². The Morgan fingerprint density at radius 2 is 1.79 bits per heavy atom. The van der Waals surface area contributed by atoms with Crippen molar-refractivity contribution in [2.75, 3.05) is 13.1 Å². The van der Waals surface area contributed by atoms with Crippen molar-refractivity contribution in [3.63, 3.8) is 0 Å². The van der Waals surface area contributed by atoms with Gasteiger partial charge in [0, 0.05) is 18.9 Å². The molecule has 2 nitrogen and oxygen atoms in total. The lowest BCUT2D eigenvalue weighted by atomic mass is 9.92. The quantitative estimate of drug-likeness (QED) is 0.651. The molecular formula is C12H25NO. The zero-order valence-corrected chi connectivity index (χ0v) is 10.1. The fraction of sp³-hybridized carbons (Fsp3) is 0.917. The Labute approximate surface area is 88.5 Å². The number of carbonyl (C=O) groups excluding carboxylic acids is 1. The molecule has 0 aromatic heterocycles. The van der Waals surface area contributed by atoms with Gasteiger partial charge < -0.3 is 5.32 Å². The largest absolute Gasteiger partial charge is 0.316 e. The molecule has 0 radical (unpaired) electrons. The first-order chi connectivity index (χ1) is 6.65. The Hall–Kier alpha value is -0.370. The highest BCUT2D eigenvalue weighted by Crippen LogP contribution is 2.15. The van der Waals surface area contributed by atoms with Gasteiger partial charge in [0.2, 0.25) is 0 Å². The van der Waals surface area contributed by atoms with Crippen molar-refractivity contribution >= 4 is 5.78 Å². The molecule has 0 aromatic carbocycles. The maximum absolute atomic E-state index is 11.7. The lowest BCUT2D eigenvalue weighted by Gasteiger charge is -2.15. The molecule has 1 atom stereocenters. The average Bonchev–Trinajstić information content (AvgIpc) is 2.21. The molecule has 0 saturated carbocycles. The Morgan fingerprint density at radius 1 is 1.21 bits per heavy atom. The van der Waals surface area contributed by atoms with Gasteiger partial charge in [-0.1, -0.05) is 40.5 Å². The summed E-state index contributed by atoms with van der Waals surface area (Å²) in [5.41, 5.74) is 0. The first kappa shape index (κ1) is 13.6. The maximum atomic E-state index is 11.7. The monoisotopic (exact) mass is 199 g/mol. The lowest BCUT2D eigenvalue weighted by molar-refractivity contribution is -0.123. The molecule has 1 N–H and O–H groups in total. The number of Topliss-reactive ketones (excluding diaryl/α,β-unsaturated/α-hetero) is 1. The lowest BCUT2D eigenvalue weighted by Crippen LogP contribution is -2.27.